The smallest absolute Gasteiger partial charge is 0.249 e. The van der Waals surface area contributed by atoms with Crippen LogP contribution in [0.1, 0.15) is 94.4 Å². The van der Waals surface area contributed by atoms with E-state index in [4.69, 9.17) is 4.74 Å². The number of ether oxygens (including phenoxy) is 1. The van der Waals surface area contributed by atoms with Crippen LogP contribution in [0.2, 0.25) is 0 Å². The minimum Gasteiger partial charge on any atom is -0.394 e. The molecule has 3 saturated heterocycles. The number of hydrogen-bond donors (Lipinski definition) is 1. The molecule has 2 bridgehead atoms. The van der Waals surface area contributed by atoms with Gasteiger partial charge in [-0.3, -0.25) is 14.4 Å². The summed E-state index contributed by atoms with van der Waals surface area (Å²) < 4.78 is 6.90. The molecule has 3 amide bonds. The molecular weight excluding hydrogens is 530 g/mol. The highest BCUT2D eigenvalue weighted by Crippen LogP contribution is 2.64. The number of amides is 3. The molecule has 0 aromatic carbocycles. The predicted molar refractivity (Wildman–Crippen MR) is 167 cm³/mol. The van der Waals surface area contributed by atoms with E-state index >= 15 is 0 Å². The summed E-state index contributed by atoms with van der Waals surface area (Å²) >= 11 is 0. The maximum Gasteiger partial charge on any atom is 0.249 e. The molecule has 42 heavy (non-hydrogen) atoms. The third-order valence-corrected chi connectivity index (χ3v) is 9.49. The molecule has 3 heterocycles. The first-order valence-electron chi connectivity index (χ1n) is 15.9. The molecule has 8 nitrogen and oxygen atoms in total. The molecule has 3 rings (SSSR count). The van der Waals surface area contributed by atoms with Gasteiger partial charge in [-0.2, -0.15) is 0 Å². The molecule has 0 aromatic rings. The normalized spacial score (nSPS) is 29.5. The van der Waals surface area contributed by atoms with Crippen molar-refractivity contribution in [2.75, 3.05) is 26.2 Å². The largest absolute Gasteiger partial charge is 0.394 e. The summed E-state index contributed by atoms with van der Waals surface area (Å²) in [4.78, 5) is 49.1. The second-order valence-corrected chi connectivity index (χ2v) is 15.3. The highest BCUT2D eigenvalue weighted by atomic mass is 16.5. The maximum absolute atomic E-state index is 15.0. The Balaban J connectivity index is 2.20. The van der Waals surface area contributed by atoms with Gasteiger partial charge in [0.2, 0.25) is 17.7 Å². The van der Waals surface area contributed by atoms with E-state index < -0.39 is 40.7 Å². The number of aliphatic hydroxyl groups is 1. The van der Waals surface area contributed by atoms with E-state index in [1.54, 1.807) is 22.0 Å². The van der Waals surface area contributed by atoms with E-state index in [9.17, 15) is 19.5 Å². The van der Waals surface area contributed by atoms with Gasteiger partial charge < -0.3 is 24.5 Å². The Morgan fingerprint density at radius 1 is 1.12 bits per heavy atom. The summed E-state index contributed by atoms with van der Waals surface area (Å²) in [6.45, 7) is 27.4. The van der Waals surface area contributed by atoms with Crippen LogP contribution < -0.4 is 0 Å². The van der Waals surface area contributed by atoms with Gasteiger partial charge in [-0.1, -0.05) is 53.7 Å². The van der Waals surface area contributed by atoms with E-state index in [1.807, 2.05) is 32.6 Å². The van der Waals surface area contributed by atoms with Crippen molar-refractivity contribution in [2.24, 2.45) is 23.2 Å². The SMILES string of the molecule is C=CCN(CCC)C(=O)[C@@H]1[C@H]2C(=O)N([C@@H](CO)CC(C)C)C(C(=O)N(CC=C)C(C)(C)CC(C)(C)C)C23CC[C@@]1(C)O3. The van der Waals surface area contributed by atoms with E-state index in [0.29, 0.717) is 38.9 Å². The van der Waals surface area contributed by atoms with Gasteiger partial charge in [-0.15, -0.1) is 13.2 Å². The van der Waals surface area contributed by atoms with Crippen LogP contribution in [0.25, 0.3) is 0 Å². The van der Waals surface area contributed by atoms with E-state index in [0.717, 1.165) is 12.8 Å². The van der Waals surface area contributed by atoms with Gasteiger partial charge >= 0.3 is 0 Å². The van der Waals surface area contributed by atoms with Crippen molar-refractivity contribution >= 4 is 17.7 Å². The van der Waals surface area contributed by atoms with E-state index in [2.05, 4.69) is 47.8 Å². The van der Waals surface area contributed by atoms with Gasteiger partial charge in [0.05, 0.1) is 30.1 Å². The Morgan fingerprint density at radius 3 is 2.24 bits per heavy atom. The zero-order chi connectivity index (χ0) is 31.8. The number of aliphatic hydroxyl groups excluding tert-OH is 1. The lowest BCUT2D eigenvalue weighted by Crippen LogP contribution is -2.62. The summed E-state index contributed by atoms with van der Waals surface area (Å²) in [5, 5.41) is 10.6. The lowest BCUT2D eigenvalue weighted by molar-refractivity contribution is -0.160. The van der Waals surface area contributed by atoms with Crippen molar-refractivity contribution in [3.63, 3.8) is 0 Å². The molecule has 8 heteroatoms. The average molecular weight is 588 g/mol. The van der Waals surface area contributed by atoms with E-state index in [-0.39, 0.29) is 35.7 Å². The number of carbonyl (C=O) groups is 3. The van der Waals surface area contributed by atoms with Crippen molar-refractivity contribution in [3.8, 4) is 0 Å². The molecule has 238 valence electrons. The fraction of sp³-hybridized carbons (Fsp3) is 0.794. The lowest BCUT2D eigenvalue weighted by Gasteiger charge is -2.46. The minimum absolute atomic E-state index is 0.0539. The van der Waals surface area contributed by atoms with Crippen LogP contribution in [-0.4, -0.2) is 92.6 Å². The van der Waals surface area contributed by atoms with Crippen molar-refractivity contribution in [3.05, 3.63) is 25.3 Å². The van der Waals surface area contributed by atoms with Gasteiger partial charge in [0.15, 0.2) is 0 Å². The van der Waals surface area contributed by atoms with Crippen LogP contribution in [-0.2, 0) is 19.1 Å². The Labute approximate surface area is 254 Å². The second kappa shape index (κ2) is 12.4. The van der Waals surface area contributed by atoms with Gasteiger partial charge in [0.1, 0.15) is 11.6 Å². The maximum atomic E-state index is 15.0. The van der Waals surface area contributed by atoms with Crippen molar-refractivity contribution in [1.82, 2.24) is 14.7 Å². The van der Waals surface area contributed by atoms with Gasteiger partial charge in [0, 0.05) is 25.2 Å². The minimum atomic E-state index is -1.14. The van der Waals surface area contributed by atoms with Gasteiger partial charge in [0.25, 0.3) is 0 Å². The Kier molecular flexibility index (Phi) is 10.2. The number of nitrogens with zero attached hydrogens (tertiary/aromatic N) is 3. The Morgan fingerprint density at radius 2 is 1.74 bits per heavy atom. The summed E-state index contributed by atoms with van der Waals surface area (Å²) in [5.41, 5.74) is -2.60. The van der Waals surface area contributed by atoms with Crippen molar-refractivity contribution in [1.29, 1.82) is 0 Å². The Hall–Kier alpha value is -2.19. The fourth-order valence-corrected chi connectivity index (χ4v) is 8.45. The summed E-state index contributed by atoms with van der Waals surface area (Å²) in [6.07, 6.45) is 6.59. The fourth-order valence-electron chi connectivity index (χ4n) is 8.45. The number of fused-ring (bicyclic) bond motifs is 1. The average Bonchev–Trinajstić information content (AvgIpc) is 3.44. The number of carbonyl (C=O) groups excluding carboxylic acids is 3. The third kappa shape index (κ3) is 6.08. The first-order valence-corrected chi connectivity index (χ1v) is 15.9. The molecule has 0 aliphatic carbocycles. The molecule has 3 aliphatic heterocycles. The Bertz CT molecular complexity index is 1050. The van der Waals surface area contributed by atoms with Gasteiger partial charge in [-0.05, 0) is 64.2 Å². The standard InChI is InChI=1S/C34H57N3O5/c1-12-17-35(18-13-2)28(39)25-26-29(40)37(24(21-38)20-23(4)5)27(34(26)16-15-33(25,11)42-34)30(41)36(19-14-3)32(9,10)22-31(6,7)8/h12,14,23-27,38H,1,3,13,15-22H2,2,4-11H3/t24-,25+,26+,27?,33-,34?/m1/s1. The zero-order valence-electron chi connectivity index (χ0n) is 27.7. The predicted octanol–water partition coefficient (Wildman–Crippen LogP) is 4.81. The second-order valence-electron chi connectivity index (χ2n) is 15.3. The van der Waals surface area contributed by atoms with Gasteiger partial charge in [-0.25, -0.2) is 0 Å². The quantitative estimate of drug-likeness (QED) is 0.295. The zero-order valence-corrected chi connectivity index (χ0v) is 27.7. The molecule has 6 atom stereocenters. The monoisotopic (exact) mass is 587 g/mol. The van der Waals surface area contributed by atoms with Crippen LogP contribution in [0.5, 0.6) is 0 Å². The summed E-state index contributed by atoms with van der Waals surface area (Å²) in [6, 6.07) is -1.50. The van der Waals surface area contributed by atoms with Crippen molar-refractivity contribution in [2.45, 2.75) is 123 Å². The molecule has 2 unspecified atom stereocenters. The highest BCUT2D eigenvalue weighted by Gasteiger charge is 2.79. The highest BCUT2D eigenvalue weighted by molar-refractivity contribution is 5.99. The lowest BCUT2D eigenvalue weighted by atomic mass is 9.66. The molecule has 3 aliphatic rings. The van der Waals surface area contributed by atoms with Crippen molar-refractivity contribution < 1.29 is 24.2 Å². The molecular formula is C34H57N3O5. The number of likely N-dealkylation sites (tertiary alicyclic amines) is 1. The van der Waals surface area contributed by atoms with Crippen LogP contribution >= 0.6 is 0 Å². The molecule has 0 radical (unpaired) electrons. The molecule has 0 saturated carbocycles. The van der Waals surface area contributed by atoms with Crippen LogP contribution in [0.15, 0.2) is 25.3 Å². The number of rotatable bonds is 14. The molecule has 1 spiro atoms. The summed E-state index contributed by atoms with van der Waals surface area (Å²) in [7, 11) is 0. The third-order valence-electron chi connectivity index (χ3n) is 9.49. The molecule has 3 fully saturated rings. The van der Waals surface area contributed by atoms with Crippen LogP contribution in [0.3, 0.4) is 0 Å². The first kappa shape index (κ1) is 34.3. The summed E-state index contributed by atoms with van der Waals surface area (Å²) in [5.74, 6) is -1.88. The molecule has 0 aromatic heterocycles. The van der Waals surface area contributed by atoms with Crippen LogP contribution in [0, 0.1) is 23.2 Å². The first-order chi connectivity index (χ1) is 19.4. The van der Waals surface area contributed by atoms with E-state index in [1.165, 1.54) is 0 Å². The number of hydrogen-bond acceptors (Lipinski definition) is 5. The topological polar surface area (TPSA) is 90.4 Å². The molecule has 1 N–H and O–H groups in total. The van der Waals surface area contributed by atoms with Crippen LogP contribution in [0.4, 0.5) is 0 Å².